The molecule has 0 radical (unpaired) electrons. The average molecular weight is 514 g/mol. The summed E-state index contributed by atoms with van der Waals surface area (Å²) in [7, 11) is -0.644. The van der Waals surface area contributed by atoms with E-state index in [-0.39, 0.29) is 26.9 Å². The van der Waals surface area contributed by atoms with Gasteiger partial charge in [0.25, 0.3) is 0 Å². The molecule has 0 rings (SSSR count). The summed E-state index contributed by atoms with van der Waals surface area (Å²) in [5.41, 5.74) is 0. The number of hydrogen-bond acceptors (Lipinski definition) is 0. The molecule has 0 aliphatic heterocycles. The van der Waals surface area contributed by atoms with E-state index < -0.39 is 7.26 Å². The van der Waals surface area contributed by atoms with E-state index in [1.165, 1.54) is 122 Å². The van der Waals surface area contributed by atoms with E-state index in [2.05, 4.69) is 27.7 Å². The van der Waals surface area contributed by atoms with Gasteiger partial charge in [0.1, 0.15) is 0 Å². The lowest BCUT2D eigenvalue weighted by molar-refractivity contribution is -0.00000636. The van der Waals surface area contributed by atoms with Crippen LogP contribution in [0.2, 0.25) is 0 Å². The molecule has 1 unspecified atom stereocenters. The molecule has 0 aromatic carbocycles. The first-order valence-electron chi connectivity index (χ1n) is 13.1. The third kappa shape index (κ3) is 22.3. The van der Waals surface area contributed by atoms with Gasteiger partial charge in [0.15, 0.2) is 0 Å². The van der Waals surface area contributed by atoms with Crippen LogP contribution in [-0.4, -0.2) is 24.6 Å². The Morgan fingerprint density at radius 3 is 0.862 bits per heavy atom. The summed E-state index contributed by atoms with van der Waals surface area (Å²) in [5, 5.41) is 0. The molecule has 1 atom stereocenters. The lowest BCUT2D eigenvalue weighted by atomic mass is 10.1. The third-order valence-electron chi connectivity index (χ3n) is 6.63. The minimum absolute atomic E-state index is 0. The van der Waals surface area contributed by atoms with E-state index in [0.29, 0.717) is 0 Å². The van der Waals surface area contributed by atoms with E-state index in [0.717, 1.165) is 0 Å². The highest BCUT2D eigenvalue weighted by Gasteiger charge is 2.33. The summed E-state index contributed by atoms with van der Waals surface area (Å²) in [5.74, 6) is 0. The zero-order valence-corrected chi connectivity index (χ0v) is 25.0. The molecule has 29 heavy (non-hydrogen) atoms. The maximum atomic E-state index is 2.54. The van der Waals surface area contributed by atoms with Crippen molar-refractivity contribution in [1.29, 1.82) is 0 Å². The summed E-state index contributed by atoms with van der Waals surface area (Å²) in [6.45, 7) is 9.52. The fourth-order valence-corrected chi connectivity index (χ4v) is 8.80. The minimum Gasteiger partial charge on any atom is -1.00 e. The van der Waals surface area contributed by atoms with Crippen LogP contribution >= 0.6 is 17.2 Å². The van der Waals surface area contributed by atoms with Crippen LogP contribution in [0.25, 0.3) is 0 Å². The minimum atomic E-state index is -0.644. The van der Waals surface area contributed by atoms with Crippen LogP contribution in [0.3, 0.4) is 0 Å². The maximum Gasteiger partial charge on any atom is 0.0594 e. The summed E-state index contributed by atoms with van der Waals surface area (Å²) >= 11 is 0. The van der Waals surface area contributed by atoms with Gasteiger partial charge in [-0.25, -0.2) is 0 Å². The van der Waals surface area contributed by atoms with E-state index in [9.17, 15) is 0 Å². The van der Waals surface area contributed by atoms with Crippen molar-refractivity contribution in [3.8, 4) is 0 Å². The van der Waals surface area contributed by atoms with Gasteiger partial charge in [-0.15, -0.1) is 0 Å². The molecule has 0 aromatic heterocycles. The Morgan fingerprint density at radius 2 is 0.621 bits per heavy atom. The van der Waals surface area contributed by atoms with Crippen molar-refractivity contribution in [2.75, 3.05) is 24.6 Å². The summed E-state index contributed by atoms with van der Waals surface area (Å²) in [4.78, 5) is 0. The van der Waals surface area contributed by atoms with Crippen molar-refractivity contribution >= 4 is 17.2 Å². The molecular weight excluding hydrogens is 454 g/mol. The van der Waals surface area contributed by atoms with Crippen molar-refractivity contribution in [3.63, 3.8) is 0 Å². The Bertz CT molecular complexity index is 243. The molecule has 0 fully saturated rings. The molecule has 0 N–H and O–H groups in total. The fourth-order valence-electron chi connectivity index (χ4n) is 4.49. The molecule has 0 amide bonds. The molecule has 0 heterocycles. The normalized spacial score (nSPS) is 11.2. The number of rotatable bonds is 22. The smallest absolute Gasteiger partial charge is 0.0594 e. The highest BCUT2D eigenvalue weighted by Crippen LogP contribution is 2.60. The Balaban J connectivity index is -0.00000338. The molecule has 0 saturated heterocycles. The highest BCUT2D eigenvalue weighted by molar-refractivity contribution is 7.75. The molecule has 0 aliphatic carbocycles. The largest absolute Gasteiger partial charge is 1.00 e. The van der Waals surface area contributed by atoms with Crippen LogP contribution in [0.5, 0.6) is 0 Å². The van der Waals surface area contributed by atoms with Crippen LogP contribution in [0, 0.1) is 0 Å². The lowest BCUT2D eigenvalue weighted by Crippen LogP contribution is -3.00. The molecule has 0 spiro atoms. The highest BCUT2D eigenvalue weighted by atomic mass is 79.9. The zero-order valence-electron chi connectivity index (χ0n) is 21.1. The van der Waals surface area contributed by atoms with Gasteiger partial charge in [-0.05, 0) is 45.4 Å². The number of unbranched alkanes of at least 4 members (excludes halogenated alkanes) is 15. The third-order valence-corrected chi connectivity index (χ3v) is 11.8. The maximum absolute atomic E-state index is 2.54. The number of hydrogen-bond donors (Lipinski definition) is 0. The number of halogens is 1. The van der Waals surface area contributed by atoms with Gasteiger partial charge in [0.2, 0.25) is 0 Å². The predicted octanol–water partition coefficient (Wildman–Crippen LogP) is 7.17. The van der Waals surface area contributed by atoms with Crippen molar-refractivity contribution in [2.45, 2.75) is 143 Å². The van der Waals surface area contributed by atoms with E-state index in [4.69, 9.17) is 0 Å². The zero-order chi connectivity index (χ0) is 20.1. The van der Waals surface area contributed by atoms with Gasteiger partial charge in [0.05, 0.1) is 24.6 Å². The molecular formula is C26H59BrP2. The van der Waals surface area contributed by atoms with Gasteiger partial charge in [-0.1, -0.05) is 97.8 Å². The van der Waals surface area contributed by atoms with Crippen molar-refractivity contribution in [1.82, 2.24) is 0 Å². The molecule has 3 heteroatoms. The monoisotopic (exact) mass is 512 g/mol. The second-order valence-electron chi connectivity index (χ2n) is 9.13. The van der Waals surface area contributed by atoms with E-state index in [1.807, 2.05) is 0 Å². The Hall–Kier alpha value is 1.34. The second kappa shape index (κ2) is 27.4. The Morgan fingerprint density at radius 1 is 0.379 bits per heavy atom. The molecule has 0 aliphatic rings. The van der Waals surface area contributed by atoms with Crippen LogP contribution < -0.4 is 17.0 Å². The predicted molar refractivity (Wildman–Crippen MR) is 143 cm³/mol. The fraction of sp³-hybridized carbons (Fsp3) is 1.00. The van der Waals surface area contributed by atoms with Gasteiger partial charge in [-0.3, -0.25) is 0 Å². The second-order valence-corrected chi connectivity index (χ2v) is 13.8. The topological polar surface area (TPSA) is 0 Å². The Kier molecular flexibility index (Phi) is 33.0. The Labute approximate surface area is 201 Å². The molecule has 0 aromatic rings. The van der Waals surface area contributed by atoms with Crippen molar-refractivity contribution in [2.24, 2.45) is 0 Å². The van der Waals surface area contributed by atoms with Gasteiger partial charge in [0, 0.05) is 7.26 Å². The molecule has 0 saturated carbocycles. The van der Waals surface area contributed by atoms with E-state index in [1.54, 1.807) is 18.5 Å². The van der Waals surface area contributed by atoms with Gasteiger partial charge < -0.3 is 17.0 Å². The summed E-state index contributed by atoms with van der Waals surface area (Å²) in [6, 6.07) is 0. The lowest BCUT2D eigenvalue weighted by Gasteiger charge is -2.27. The molecule has 0 bridgehead atoms. The molecule has 0 nitrogen and oxygen atoms in total. The van der Waals surface area contributed by atoms with Crippen LogP contribution in [-0.2, 0) is 0 Å². The molecule has 180 valence electrons. The van der Waals surface area contributed by atoms with Crippen LogP contribution in [0.4, 0.5) is 0 Å². The van der Waals surface area contributed by atoms with Crippen molar-refractivity contribution < 1.29 is 17.0 Å². The first-order chi connectivity index (χ1) is 13.2. The average Bonchev–Trinajstić information content (AvgIpc) is 2.69. The van der Waals surface area contributed by atoms with E-state index >= 15 is 0 Å². The SMILES string of the molecule is CCCCCCCC[P+](CC)(CCCCCCCC)CCCCCCCC.P.[Br-]. The van der Waals surface area contributed by atoms with Gasteiger partial charge >= 0.3 is 0 Å². The first-order valence-corrected chi connectivity index (χ1v) is 15.6. The standard InChI is InChI=1S/C26H56P.BrH.H3P/c1-5-9-12-15-18-21-24-27(8-4,25-22-19-16-13-10-6-2)26-23-20-17-14-11-7-3;;/h5-26H2,1-4H3;1H;1H3/q+1;;/p-1. The summed E-state index contributed by atoms with van der Waals surface area (Å²) in [6.07, 6.45) is 32.9. The van der Waals surface area contributed by atoms with Crippen LogP contribution in [0.1, 0.15) is 143 Å². The van der Waals surface area contributed by atoms with Crippen molar-refractivity contribution in [3.05, 3.63) is 0 Å². The summed E-state index contributed by atoms with van der Waals surface area (Å²) < 4.78 is 0. The van der Waals surface area contributed by atoms with Crippen LogP contribution in [0.15, 0.2) is 0 Å². The quantitative estimate of drug-likeness (QED) is 0.106. The first kappa shape index (κ1) is 34.9. The van der Waals surface area contributed by atoms with Gasteiger partial charge in [-0.2, -0.15) is 9.90 Å².